The van der Waals surface area contributed by atoms with Gasteiger partial charge in [0, 0.05) is 12.6 Å². The van der Waals surface area contributed by atoms with Crippen molar-refractivity contribution in [2.24, 2.45) is 0 Å². The van der Waals surface area contributed by atoms with E-state index < -0.39 is 10.1 Å². The number of likely N-dealkylation sites (tertiary alicyclic amines) is 1. The molecular weight excluding hydrogens is 286 g/mol. The fourth-order valence-corrected chi connectivity index (χ4v) is 2.87. The number of halogens is 1. The number of benzene rings is 1. The monoisotopic (exact) mass is 305 g/mol. The van der Waals surface area contributed by atoms with E-state index in [2.05, 4.69) is 11.8 Å². The van der Waals surface area contributed by atoms with Crippen LogP contribution in [0.5, 0.6) is 0 Å². The zero-order chi connectivity index (χ0) is 13.2. The van der Waals surface area contributed by atoms with E-state index in [9.17, 15) is 8.42 Å². The molecule has 1 atom stereocenters. The van der Waals surface area contributed by atoms with Gasteiger partial charge in [0.25, 0.3) is 10.1 Å². The van der Waals surface area contributed by atoms with Crippen molar-refractivity contribution in [2.75, 3.05) is 6.54 Å². The van der Waals surface area contributed by atoms with Crippen molar-refractivity contribution in [1.82, 2.24) is 4.90 Å². The molecule has 0 spiro atoms. The normalized spacial score (nSPS) is 20.8. The van der Waals surface area contributed by atoms with Crippen molar-refractivity contribution in [3.63, 3.8) is 0 Å². The van der Waals surface area contributed by atoms with Crippen molar-refractivity contribution >= 4 is 22.5 Å². The van der Waals surface area contributed by atoms with Crippen LogP contribution < -0.4 is 0 Å². The highest BCUT2D eigenvalue weighted by molar-refractivity contribution is 7.85. The Balaban J connectivity index is 0.00000180. The predicted molar refractivity (Wildman–Crippen MR) is 77.2 cm³/mol. The maximum Gasteiger partial charge on any atom is 0.294 e. The van der Waals surface area contributed by atoms with Gasteiger partial charge in [0.2, 0.25) is 0 Å². The topological polar surface area (TPSA) is 57.6 Å². The zero-order valence-corrected chi connectivity index (χ0v) is 12.6. The minimum Gasteiger partial charge on any atom is -0.296 e. The Kier molecular flexibility index (Phi) is 5.80. The Hall–Kier alpha value is -0.620. The van der Waals surface area contributed by atoms with Crippen LogP contribution in [0.15, 0.2) is 29.2 Å². The van der Waals surface area contributed by atoms with E-state index in [1.807, 2.05) is 0 Å². The van der Waals surface area contributed by atoms with E-state index in [0.29, 0.717) is 6.04 Å². The minimum absolute atomic E-state index is 0. The van der Waals surface area contributed by atoms with Crippen LogP contribution in [0, 0.1) is 0 Å². The van der Waals surface area contributed by atoms with Crippen LogP contribution in [0.1, 0.15) is 31.7 Å². The van der Waals surface area contributed by atoms with Gasteiger partial charge in [0.05, 0.1) is 4.90 Å². The van der Waals surface area contributed by atoms with Crippen molar-refractivity contribution < 1.29 is 13.0 Å². The van der Waals surface area contributed by atoms with E-state index in [-0.39, 0.29) is 17.3 Å². The zero-order valence-electron chi connectivity index (χ0n) is 10.9. The smallest absolute Gasteiger partial charge is 0.294 e. The summed E-state index contributed by atoms with van der Waals surface area (Å²) in [7, 11) is -4.08. The van der Waals surface area contributed by atoms with E-state index in [1.165, 1.54) is 31.4 Å². The molecule has 0 saturated carbocycles. The number of rotatable bonds is 3. The van der Waals surface area contributed by atoms with E-state index in [4.69, 9.17) is 4.55 Å². The maximum absolute atomic E-state index is 10.9. The lowest BCUT2D eigenvalue weighted by molar-refractivity contribution is 0.152. The van der Waals surface area contributed by atoms with Gasteiger partial charge in [-0.05, 0) is 44.0 Å². The third-order valence-corrected chi connectivity index (χ3v) is 4.42. The molecule has 1 fully saturated rings. The Labute approximate surface area is 121 Å². The molecule has 1 unspecified atom stereocenters. The quantitative estimate of drug-likeness (QED) is 0.872. The molecular formula is C13H20ClNO3S. The molecule has 1 aromatic rings. The maximum atomic E-state index is 10.9. The number of nitrogens with zero attached hydrogens (tertiary/aromatic N) is 1. The molecule has 6 heteroatoms. The predicted octanol–water partition coefficient (Wildman–Crippen LogP) is 2.73. The van der Waals surface area contributed by atoms with Crippen LogP contribution in [-0.2, 0) is 16.7 Å². The van der Waals surface area contributed by atoms with Crippen LogP contribution in [0.25, 0.3) is 0 Å². The van der Waals surface area contributed by atoms with Gasteiger partial charge in [0.15, 0.2) is 0 Å². The number of piperidine rings is 1. The molecule has 1 aliphatic heterocycles. The molecule has 1 heterocycles. The second kappa shape index (κ2) is 6.70. The lowest BCUT2D eigenvalue weighted by atomic mass is 10.0. The highest BCUT2D eigenvalue weighted by atomic mass is 35.5. The highest BCUT2D eigenvalue weighted by Gasteiger charge is 2.18. The first-order valence-corrected chi connectivity index (χ1v) is 7.71. The Morgan fingerprint density at radius 1 is 1.26 bits per heavy atom. The van der Waals surface area contributed by atoms with Crippen molar-refractivity contribution in [3.8, 4) is 0 Å². The van der Waals surface area contributed by atoms with Crippen LogP contribution in [0.3, 0.4) is 0 Å². The summed E-state index contributed by atoms with van der Waals surface area (Å²) in [6.45, 7) is 4.17. The first-order valence-electron chi connectivity index (χ1n) is 6.27. The average Bonchev–Trinajstić information content (AvgIpc) is 2.32. The van der Waals surface area contributed by atoms with Gasteiger partial charge in [-0.3, -0.25) is 9.45 Å². The second-order valence-electron chi connectivity index (χ2n) is 4.93. The molecule has 0 aliphatic carbocycles. The van der Waals surface area contributed by atoms with Gasteiger partial charge < -0.3 is 0 Å². The molecule has 1 aromatic carbocycles. The van der Waals surface area contributed by atoms with Crippen LogP contribution in [-0.4, -0.2) is 30.5 Å². The summed E-state index contributed by atoms with van der Waals surface area (Å²) < 4.78 is 30.8. The van der Waals surface area contributed by atoms with Gasteiger partial charge in [-0.1, -0.05) is 18.6 Å². The van der Waals surface area contributed by atoms with Crippen LogP contribution in [0.4, 0.5) is 0 Å². The van der Waals surface area contributed by atoms with Gasteiger partial charge in [-0.25, -0.2) is 0 Å². The summed E-state index contributed by atoms with van der Waals surface area (Å²) in [5, 5.41) is 0. The summed E-state index contributed by atoms with van der Waals surface area (Å²) in [5.41, 5.74) is 1.08. The van der Waals surface area contributed by atoms with Gasteiger partial charge in [-0.15, -0.1) is 12.4 Å². The summed E-state index contributed by atoms with van der Waals surface area (Å²) >= 11 is 0. The SMILES string of the molecule is CC1CCCCN1Cc1ccc(S(=O)(=O)O)cc1.Cl. The van der Waals surface area contributed by atoms with E-state index in [1.54, 1.807) is 12.1 Å². The summed E-state index contributed by atoms with van der Waals surface area (Å²) in [6.07, 6.45) is 3.75. The van der Waals surface area contributed by atoms with E-state index in [0.717, 1.165) is 18.7 Å². The molecule has 0 radical (unpaired) electrons. The van der Waals surface area contributed by atoms with Gasteiger partial charge in [-0.2, -0.15) is 8.42 Å². The second-order valence-corrected chi connectivity index (χ2v) is 6.36. The first kappa shape index (κ1) is 16.4. The third-order valence-electron chi connectivity index (χ3n) is 3.55. The van der Waals surface area contributed by atoms with Crippen LogP contribution in [0.2, 0.25) is 0 Å². The Bertz CT molecular complexity index is 501. The minimum atomic E-state index is -4.08. The molecule has 1 N–H and O–H groups in total. The van der Waals surface area contributed by atoms with Gasteiger partial charge >= 0.3 is 0 Å². The number of hydrogen-bond acceptors (Lipinski definition) is 3. The molecule has 108 valence electrons. The molecule has 19 heavy (non-hydrogen) atoms. The van der Waals surface area contributed by atoms with Crippen LogP contribution >= 0.6 is 12.4 Å². The van der Waals surface area contributed by atoms with Crippen molar-refractivity contribution in [3.05, 3.63) is 29.8 Å². The molecule has 4 nitrogen and oxygen atoms in total. The standard InChI is InChI=1S/C13H19NO3S.ClH/c1-11-4-2-3-9-14(11)10-12-5-7-13(8-6-12)18(15,16)17;/h5-8,11H,2-4,9-10H2,1H3,(H,15,16,17);1H. The largest absolute Gasteiger partial charge is 0.296 e. The third kappa shape index (κ3) is 4.45. The molecule has 0 aromatic heterocycles. The molecule has 1 saturated heterocycles. The highest BCUT2D eigenvalue weighted by Crippen LogP contribution is 2.19. The van der Waals surface area contributed by atoms with E-state index >= 15 is 0 Å². The molecule has 0 amide bonds. The summed E-state index contributed by atoms with van der Waals surface area (Å²) in [5.74, 6) is 0. The molecule has 0 bridgehead atoms. The van der Waals surface area contributed by atoms with Crippen molar-refractivity contribution in [2.45, 2.75) is 43.7 Å². The molecule has 1 aliphatic rings. The lowest BCUT2D eigenvalue weighted by Crippen LogP contribution is -2.36. The number of hydrogen-bond donors (Lipinski definition) is 1. The fourth-order valence-electron chi connectivity index (χ4n) is 2.39. The Morgan fingerprint density at radius 2 is 1.89 bits per heavy atom. The fraction of sp³-hybridized carbons (Fsp3) is 0.538. The molecule has 2 rings (SSSR count). The summed E-state index contributed by atoms with van der Waals surface area (Å²) in [4.78, 5) is 2.37. The first-order chi connectivity index (χ1) is 8.47. The average molecular weight is 306 g/mol. The lowest BCUT2D eigenvalue weighted by Gasteiger charge is -2.33. The van der Waals surface area contributed by atoms with Crippen molar-refractivity contribution in [1.29, 1.82) is 0 Å². The van der Waals surface area contributed by atoms with Gasteiger partial charge in [0.1, 0.15) is 0 Å². The summed E-state index contributed by atoms with van der Waals surface area (Å²) in [6, 6.07) is 7.04. The Morgan fingerprint density at radius 3 is 2.42 bits per heavy atom.